The number of carbonyl (C=O) groups is 1. The number of rotatable bonds is 9. The minimum atomic E-state index is -0.753. The van der Waals surface area contributed by atoms with Crippen molar-refractivity contribution in [3.63, 3.8) is 0 Å². The summed E-state index contributed by atoms with van der Waals surface area (Å²) in [7, 11) is 0. The van der Waals surface area contributed by atoms with E-state index in [1.165, 1.54) is 5.56 Å². The summed E-state index contributed by atoms with van der Waals surface area (Å²) in [5.74, 6) is 0. The summed E-state index contributed by atoms with van der Waals surface area (Å²) in [5.41, 5.74) is 3.83. The van der Waals surface area contributed by atoms with Crippen molar-refractivity contribution in [3.05, 3.63) is 97.9 Å². The van der Waals surface area contributed by atoms with Gasteiger partial charge in [-0.2, -0.15) is 0 Å². The van der Waals surface area contributed by atoms with E-state index in [1.54, 1.807) is 18.2 Å². The van der Waals surface area contributed by atoms with Gasteiger partial charge in [-0.05, 0) is 47.4 Å². The van der Waals surface area contributed by atoms with Gasteiger partial charge in [0.1, 0.15) is 0 Å². The van der Waals surface area contributed by atoms with Gasteiger partial charge in [0, 0.05) is 56.0 Å². The van der Waals surface area contributed by atoms with Crippen molar-refractivity contribution in [2.45, 2.75) is 25.6 Å². The zero-order valence-corrected chi connectivity index (χ0v) is 23.6. The quantitative estimate of drug-likeness (QED) is 0.267. The van der Waals surface area contributed by atoms with Gasteiger partial charge in [0.15, 0.2) is 0 Å². The molecule has 3 aromatic carbocycles. The summed E-state index contributed by atoms with van der Waals surface area (Å²) in [6, 6.07) is 21.2. The van der Waals surface area contributed by atoms with E-state index in [1.807, 2.05) is 24.3 Å². The Kier molecular flexibility index (Phi) is 10.3. The van der Waals surface area contributed by atoms with Gasteiger partial charge in [0.2, 0.25) is 0 Å². The average Bonchev–Trinajstić information content (AvgIpc) is 2.89. The number of carbonyl (C=O) groups excluding carboxylic acids is 1. The van der Waals surface area contributed by atoms with E-state index in [9.17, 15) is 9.90 Å². The highest BCUT2D eigenvalue weighted by Crippen LogP contribution is 2.27. The van der Waals surface area contributed by atoms with Crippen LogP contribution in [-0.2, 0) is 13.1 Å². The van der Waals surface area contributed by atoms with Crippen molar-refractivity contribution in [1.82, 2.24) is 15.1 Å². The van der Waals surface area contributed by atoms with Crippen molar-refractivity contribution >= 4 is 50.9 Å². The lowest BCUT2D eigenvalue weighted by Crippen LogP contribution is -2.45. The summed E-state index contributed by atoms with van der Waals surface area (Å²) >= 11 is 15.5. The lowest BCUT2D eigenvalue weighted by molar-refractivity contribution is 0.122. The predicted molar refractivity (Wildman–Crippen MR) is 154 cm³/mol. The fraction of sp³-hybridized carbons (Fsp3) is 0.321. The Morgan fingerprint density at radius 3 is 2.32 bits per heavy atom. The molecular formula is C28H31BrCl2N4O2. The summed E-state index contributed by atoms with van der Waals surface area (Å²) in [6.07, 6.45) is -0.402. The second-order valence-corrected chi connectivity index (χ2v) is 10.9. The first-order chi connectivity index (χ1) is 17.9. The second-order valence-electron chi connectivity index (χ2n) is 9.20. The van der Waals surface area contributed by atoms with Crippen LogP contribution < -0.4 is 10.6 Å². The fourth-order valence-corrected chi connectivity index (χ4v) is 5.03. The molecule has 0 bridgehead atoms. The van der Waals surface area contributed by atoms with Crippen LogP contribution in [0.25, 0.3) is 0 Å². The van der Waals surface area contributed by atoms with Crippen molar-refractivity contribution < 1.29 is 9.90 Å². The largest absolute Gasteiger partial charge is 0.388 e. The number of benzene rings is 3. The number of urea groups is 1. The SMILES string of the molecule is O=C(NCCC(O)c1ccc(Cl)c(Cl)c1)Nc1cc(Br)ccc1CN1CCN(Cc2ccccc2)CC1. The summed E-state index contributed by atoms with van der Waals surface area (Å²) in [5, 5.41) is 17.1. The van der Waals surface area contributed by atoms with E-state index >= 15 is 0 Å². The Labute approximate surface area is 236 Å². The highest BCUT2D eigenvalue weighted by molar-refractivity contribution is 9.10. The first-order valence-electron chi connectivity index (χ1n) is 12.3. The standard InChI is InChI=1S/C28H31BrCl2N4O2/c29-23-8-6-22(19-35-14-12-34(13-15-35)18-20-4-2-1-3-5-20)26(17-23)33-28(37)32-11-10-27(36)21-7-9-24(30)25(31)16-21/h1-9,16-17,27,36H,10-15,18-19H2,(H2,32,33,37). The van der Waals surface area contributed by atoms with Gasteiger partial charge in [-0.1, -0.05) is 81.6 Å². The normalized spacial score (nSPS) is 15.4. The molecule has 1 saturated heterocycles. The van der Waals surface area contributed by atoms with Crippen LogP contribution in [0.15, 0.2) is 71.2 Å². The topological polar surface area (TPSA) is 67.8 Å². The lowest BCUT2D eigenvalue weighted by atomic mass is 10.1. The molecule has 9 heteroatoms. The van der Waals surface area contributed by atoms with Gasteiger partial charge in [0.25, 0.3) is 0 Å². The highest BCUT2D eigenvalue weighted by atomic mass is 79.9. The number of hydrogen-bond acceptors (Lipinski definition) is 4. The van der Waals surface area contributed by atoms with Crippen LogP contribution in [0.2, 0.25) is 10.0 Å². The van der Waals surface area contributed by atoms with Crippen LogP contribution in [-0.4, -0.2) is 53.7 Å². The molecular weight excluding hydrogens is 575 g/mol. The molecule has 1 aliphatic heterocycles. The molecule has 2 amide bonds. The number of nitrogens with one attached hydrogen (secondary N) is 2. The zero-order chi connectivity index (χ0) is 26.2. The molecule has 1 unspecified atom stereocenters. The first-order valence-corrected chi connectivity index (χ1v) is 13.9. The number of aliphatic hydroxyl groups excluding tert-OH is 1. The van der Waals surface area contributed by atoms with E-state index < -0.39 is 6.10 Å². The number of hydrogen-bond donors (Lipinski definition) is 3. The van der Waals surface area contributed by atoms with E-state index in [-0.39, 0.29) is 6.03 Å². The maximum atomic E-state index is 12.6. The van der Waals surface area contributed by atoms with Crippen LogP contribution in [0.3, 0.4) is 0 Å². The van der Waals surface area contributed by atoms with Gasteiger partial charge in [0.05, 0.1) is 16.1 Å². The molecule has 1 atom stereocenters. The molecule has 4 rings (SSSR count). The molecule has 0 aromatic heterocycles. The summed E-state index contributed by atoms with van der Waals surface area (Å²) in [6.45, 7) is 6.01. The molecule has 3 N–H and O–H groups in total. The fourth-order valence-electron chi connectivity index (χ4n) is 4.37. The Morgan fingerprint density at radius 2 is 1.62 bits per heavy atom. The first kappa shape index (κ1) is 27.9. The monoisotopic (exact) mass is 604 g/mol. The number of anilines is 1. The van der Waals surface area contributed by atoms with Gasteiger partial charge >= 0.3 is 6.03 Å². The molecule has 196 valence electrons. The van der Waals surface area contributed by atoms with Crippen LogP contribution in [0.5, 0.6) is 0 Å². The number of aliphatic hydroxyl groups is 1. The maximum Gasteiger partial charge on any atom is 0.319 e. The molecule has 1 fully saturated rings. The molecule has 1 heterocycles. The Morgan fingerprint density at radius 1 is 0.919 bits per heavy atom. The third-order valence-corrected chi connectivity index (χ3v) is 7.69. The van der Waals surface area contributed by atoms with Crippen LogP contribution >= 0.6 is 39.1 Å². The Bertz CT molecular complexity index is 1190. The Hall–Kier alpha value is -2.13. The van der Waals surface area contributed by atoms with Crippen molar-refractivity contribution in [2.24, 2.45) is 0 Å². The van der Waals surface area contributed by atoms with Crippen LogP contribution in [0, 0.1) is 0 Å². The number of amides is 2. The van der Waals surface area contributed by atoms with Crippen molar-refractivity contribution in [3.8, 4) is 0 Å². The Balaban J connectivity index is 1.26. The van der Waals surface area contributed by atoms with Crippen LogP contribution in [0.4, 0.5) is 10.5 Å². The van der Waals surface area contributed by atoms with Crippen molar-refractivity contribution in [1.29, 1.82) is 0 Å². The van der Waals surface area contributed by atoms with Crippen LogP contribution in [0.1, 0.15) is 29.2 Å². The van der Waals surface area contributed by atoms with E-state index in [0.29, 0.717) is 28.6 Å². The van der Waals surface area contributed by atoms with Gasteiger partial charge < -0.3 is 15.7 Å². The molecule has 0 radical (unpaired) electrons. The maximum absolute atomic E-state index is 12.6. The van der Waals surface area contributed by atoms with Gasteiger partial charge in [-0.3, -0.25) is 9.80 Å². The molecule has 37 heavy (non-hydrogen) atoms. The molecule has 0 aliphatic carbocycles. The van der Waals surface area contributed by atoms with E-state index in [2.05, 4.69) is 60.6 Å². The highest BCUT2D eigenvalue weighted by Gasteiger charge is 2.19. The minimum absolute atomic E-state index is 0.306. The minimum Gasteiger partial charge on any atom is -0.388 e. The van der Waals surface area contributed by atoms with Crippen molar-refractivity contribution in [2.75, 3.05) is 38.0 Å². The predicted octanol–water partition coefficient (Wildman–Crippen LogP) is 6.32. The summed E-state index contributed by atoms with van der Waals surface area (Å²) in [4.78, 5) is 17.5. The summed E-state index contributed by atoms with van der Waals surface area (Å²) < 4.78 is 0.897. The van der Waals surface area contributed by atoms with E-state index in [4.69, 9.17) is 23.2 Å². The molecule has 0 saturated carbocycles. The smallest absolute Gasteiger partial charge is 0.319 e. The van der Waals surface area contributed by atoms with E-state index in [0.717, 1.165) is 55.0 Å². The molecule has 1 aliphatic rings. The third-order valence-electron chi connectivity index (χ3n) is 6.46. The number of piperazine rings is 1. The molecule has 6 nitrogen and oxygen atoms in total. The average molecular weight is 606 g/mol. The zero-order valence-electron chi connectivity index (χ0n) is 20.5. The third kappa shape index (κ3) is 8.43. The number of halogens is 3. The molecule has 3 aromatic rings. The van der Waals surface area contributed by atoms with Gasteiger partial charge in [-0.15, -0.1) is 0 Å². The lowest BCUT2D eigenvalue weighted by Gasteiger charge is -2.35. The van der Waals surface area contributed by atoms with Gasteiger partial charge in [-0.25, -0.2) is 4.79 Å². The number of nitrogens with zero attached hydrogens (tertiary/aromatic N) is 2. The second kappa shape index (κ2) is 13.6. The molecule has 0 spiro atoms.